The number of carbonyl (C=O) groups is 2. The van der Waals surface area contributed by atoms with E-state index in [0.717, 1.165) is 0 Å². The molecule has 0 aliphatic carbocycles. The molecule has 0 bridgehead atoms. The third-order valence-electron chi connectivity index (χ3n) is 3.76. The Morgan fingerprint density at radius 1 is 1.15 bits per heavy atom. The quantitative estimate of drug-likeness (QED) is 0.750. The highest BCUT2D eigenvalue weighted by atomic mass is 16.5. The first-order valence-corrected chi connectivity index (χ1v) is 7.70. The summed E-state index contributed by atoms with van der Waals surface area (Å²) in [5.74, 6) is -0.527. The van der Waals surface area contributed by atoms with Crippen LogP contribution < -0.4 is 4.90 Å². The van der Waals surface area contributed by atoms with Gasteiger partial charge in [-0.15, -0.1) is 10.2 Å². The van der Waals surface area contributed by atoms with Crippen molar-refractivity contribution in [3.63, 3.8) is 0 Å². The van der Waals surface area contributed by atoms with Crippen LogP contribution in [0.15, 0.2) is 40.0 Å². The average Bonchev–Trinajstić information content (AvgIpc) is 3.12. The van der Waals surface area contributed by atoms with E-state index in [4.69, 9.17) is 18.6 Å². The fourth-order valence-electron chi connectivity index (χ4n) is 2.57. The lowest BCUT2D eigenvalue weighted by atomic mass is 10.1. The first-order chi connectivity index (χ1) is 12.5. The Bertz CT molecular complexity index is 873. The molecule has 1 aliphatic heterocycles. The number of methoxy groups -OCH3 is 2. The number of rotatable bonds is 4. The van der Waals surface area contributed by atoms with Crippen LogP contribution in [-0.4, -0.2) is 49.7 Å². The van der Waals surface area contributed by atoms with Gasteiger partial charge in [0.25, 0.3) is 0 Å². The zero-order chi connectivity index (χ0) is 18.7. The molecule has 1 aromatic carbocycles. The Morgan fingerprint density at radius 2 is 1.92 bits per heavy atom. The highest BCUT2D eigenvalue weighted by molar-refractivity contribution is 6.03. The normalized spacial score (nSPS) is 14.3. The summed E-state index contributed by atoms with van der Waals surface area (Å²) < 4.78 is 20.5. The van der Waals surface area contributed by atoms with Gasteiger partial charge in [0.2, 0.25) is 11.8 Å². The summed E-state index contributed by atoms with van der Waals surface area (Å²) >= 11 is 0. The van der Waals surface area contributed by atoms with Gasteiger partial charge < -0.3 is 23.5 Å². The van der Waals surface area contributed by atoms with E-state index in [1.807, 2.05) is 0 Å². The third-order valence-corrected chi connectivity index (χ3v) is 3.76. The number of benzene rings is 1. The number of esters is 2. The number of carbonyl (C=O) groups excluding carboxylic acids is 2. The Hall–Kier alpha value is -3.20. The summed E-state index contributed by atoms with van der Waals surface area (Å²) in [6.45, 7) is 1.72. The van der Waals surface area contributed by atoms with E-state index in [0.29, 0.717) is 23.0 Å². The Morgan fingerprint density at radius 3 is 2.58 bits per heavy atom. The van der Waals surface area contributed by atoms with E-state index in [-0.39, 0.29) is 24.6 Å². The van der Waals surface area contributed by atoms with Crippen molar-refractivity contribution < 1.29 is 28.2 Å². The van der Waals surface area contributed by atoms with Gasteiger partial charge in [0.15, 0.2) is 0 Å². The molecule has 26 heavy (non-hydrogen) atoms. The monoisotopic (exact) mass is 359 g/mol. The van der Waals surface area contributed by atoms with Gasteiger partial charge in [-0.1, -0.05) is 6.07 Å². The van der Waals surface area contributed by atoms with Gasteiger partial charge in [0.1, 0.15) is 12.4 Å². The minimum atomic E-state index is -0.660. The first kappa shape index (κ1) is 17.6. The minimum Gasteiger partial charge on any atom is -0.466 e. The van der Waals surface area contributed by atoms with Gasteiger partial charge in [0.05, 0.1) is 26.4 Å². The third kappa shape index (κ3) is 3.29. The molecule has 0 amide bonds. The van der Waals surface area contributed by atoms with Gasteiger partial charge >= 0.3 is 11.9 Å². The summed E-state index contributed by atoms with van der Waals surface area (Å²) in [6, 6.07) is 7.08. The highest BCUT2D eigenvalue weighted by Gasteiger charge is 2.32. The predicted molar refractivity (Wildman–Crippen MR) is 88.8 cm³/mol. The molecule has 9 heteroatoms. The number of aryl methyl sites for hydroxylation is 1. The highest BCUT2D eigenvalue weighted by Crippen LogP contribution is 2.29. The van der Waals surface area contributed by atoms with Gasteiger partial charge in [-0.3, -0.25) is 0 Å². The number of hydrogen-bond donors (Lipinski definition) is 0. The minimum absolute atomic E-state index is 0.0455. The van der Waals surface area contributed by atoms with Gasteiger partial charge in [-0.05, 0) is 18.2 Å². The molecule has 0 radical (unpaired) electrons. The van der Waals surface area contributed by atoms with E-state index in [2.05, 4.69) is 10.2 Å². The zero-order valence-corrected chi connectivity index (χ0v) is 14.5. The molecular weight excluding hydrogens is 342 g/mol. The maximum atomic E-state index is 12.3. The lowest BCUT2D eigenvalue weighted by molar-refractivity contribution is -0.140. The van der Waals surface area contributed by atoms with Crippen molar-refractivity contribution in [2.24, 2.45) is 0 Å². The van der Waals surface area contributed by atoms with Crippen LogP contribution in [0.4, 0.5) is 5.69 Å². The van der Waals surface area contributed by atoms with Crippen molar-refractivity contribution in [3.8, 4) is 11.5 Å². The summed E-state index contributed by atoms with van der Waals surface area (Å²) in [6.07, 6.45) is 0. The van der Waals surface area contributed by atoms with E-state index < -0.39 is 11.9 Å². The topological polar surface area (TPSA) is 104 Å². The Labute approximate surface area is 149 Å². The van der Waals surface area contributed by atoms with Crippen LogP contribution in [0.1, 0.15) is 5.89 Å². The van der Waals surface area contributed by atoms with Crippen molar-refractivity contribution in [1.29, 1.82) is 0 Å². The molecule has 0 N–H and O–H groups in total. The summed E-state index contributed by atoms with van der Waals surface area (Å²) in [5.41, 5.74) is 1.42. The zero-order valence-electron chi connectivity index (χ0n) is 14.5. The number of anilines is 1. The fourth-order valence-corrected chi connectivity index (χ4v) is 2.57. The van der Waals surface area contributed by atoms with Crippen molar-refractivity contribution in [2.45, 2.75) is 6.92 Å². The molecule has 2 heterocycles. The molecule has 2 aromatic rings. The molecule has 3 rings (SSSR count). The second kappa shape index (κ2) is 7.36. The number of aromatic nitrogens is 2. The largest absolute Gasteiger partial charge is 0.466 e. The Kier molecular flexibility index (Phi) is 4.99. The molecular formula is C17H17N3O6. The lowest BCUT2D eigenvalue weighted by Gasteiger charge is -2.31. The molecule has 136 valence electrons. The summed E-state index contributed by atoms with van der Waals surface area (Å²) in [4.78, 5) is 25.9. The molecule has 0 saturated carbocycles. The molecule has 1 aliphatic rings. The smallest absolute Gasteiger partial charge is 0.355 e. The lowest BCUT2D eigenvalue weighted by Crippen LogP contribution is -2.38. The van der Waals surface area contributed by atoms with Crippen LogP contribution in [0.2, 0.25) is 0 Å². The van der Waals surface area contributed by atoms with Crippen molar-refractivity contribution in [2.75, 3.05) is 32.5 Å². The Balaban J connectivity index is 2.06. The van der Waals surface area contributed by atoms with Crippen LogP contribution in [0.25, 0.3) is 11.5 Å². The van der Waals surface area contributed by atoms with Gasteiger partial charge in [-0.2, -0.15) is 0 Å². The van der Waals surface area contributed by atoms with Gasteiger partial charge in [0, 0.05) is 18.2 Å². The summed E-state index contributed by atoms with van der Waals surface area (Å²) in [5, 5.41) is 7.79. The summed E-state index contributed by atoms with van der Waals surface area (Å²) in [7, 11) is 2.48. The predicted octanol–water partition coefficient (Wildman–Crippen LogP) is 1.44. The van der Waals surface area contributed by atoms with E-state index in [9.17, 15) is 9.59 Å². The molecule has 0 fully saturated rings. The molecule has 0 atom stereocenters. The van der Waals surface area contributed by atoms with E-state index in [1.165, 1.54) is 19.1 Å². The van der Waals surface area contributed by atoms with Crippen LogP contribution in [-0.2, 0) is 23.8 Å². The van der Waals surface area contributed by atoms with Crippen molar-refractivity contribution >= 4 is 17.6 Å². The number of ether oxygens (including phenoxy) is 3. The number of hydrogen-bond acceptors (Lipinski definition) is 9. The SMILES string of the molecule is COC(=O)C1=C(C(=O)OC)N(c2cccc(-c3nnc(C)o3)c2)COC1. The van der Waals surface area contributed by atoms with E-state index >= 15 is 0 Å². The standard InChI is InChI=1S/C17H17N3O6/c1-10-18-19-15(26-10)11-5-4-6-12(7-11)20-9-25-8-13(16(21)23-2)14(20)17(22)24-3/h4-7H,8-9H2,1-3H3. The average molecular weight is 359 g/mol. The molecule has 1 aromatic heterocycles. The number of nitrogens with zero attached hydrogens (tertiary/aromatic N) is 3. The van der Waals surface area contributed by atoms with Crippen molar-refractivity contribution in [3.05, 3.63) is 41.4 Å². The second-order valence-corrected chi connectivity index (χ2v) is 5.39. The van der Waals surface area contributed by atoms with Crippen LogP contribution in [0, 0.1) is 6.92 Å². The molecule has 9 nitrogen and oxygen atoms in total. The van der Waals surface area contributed by atoms with Crippen LogP contribution >= 0.6 is 0 Å². The van der Waals surface area contributed by atoms with Crippen LogP contribution in [0.5, 0.6) is 0 Å². The first-order valence-electron chi connectivity index (χ1n) is 7.70. The van der Waals surface area contributed by atoms with Gasteiger partial charge in [-0.25, -0.2) is 9.59 Å². The van der Waals surface area contributed by atoms with Crippen LogP contribution in [0.3, 0.4) is 0 Å². The maximum absolute atomic E-state index is 12.3. The van der Waals surface area contributed by atoms with Crippen molar-refractivity contribution in [1.82, 2.24) is 10.2 Å². The molecule has 0 saturated heterocycles. The molecule has 0 spiro atoms. The fraction of sp³-hybridized carbons (Fsp3) is 0.294. The maximum Gasteiger partial charge on any atom is 0.355 e. The van der Waals surface area contributed by atoms with E-state index in [1.54, 1.807) is 31.2 Å². The molecule has 0 unspecified atom stereocenters. The second-order valence-electron chi connectivity index (χ2n) is 5.39.